The molecule has 0 aromatic heterocycles. The predicted octanol–water partition coefficient (Wildman–Crippen LogP) is 5.04. The molecule has 108 valence electrons. The molecule has 0 bridgehead atoms. The summed E-state index contributed by atoms with van der Waals surface area (Å²) in [5, 5.41) is 13.6. The molecule has 0 saturated heterocycles. The second-order valence-corrected chi connectivity index (χ2v) is 6.32. The quantitative estimate of drug-likeness (QED) is 0.749. The highest BCUT2D eigenvalue weighted by Gasteiger charge is 2.38. The van der Waals surface area contributed by atoms with Gasteiger partial charge in [0.15, 0.2) is 0 Å². The van der Waals surface area contributed by atoms with E-state index < -0.39 is 0 Å². The fourth-order valence-electron chi connectivity index (χ4n) is 3.70. The van der Waals surface area contributed by atoms with Gasteiger partial charge in [-0.25, -0.2) is 0 Å². The lowest BCUT2D eigenvalue weighted by atomic mass is 9.76. The maximum absolute atomic E-state index is 9.14. The minimum atomic E-state index is 0.203. The van der Waals surface area contributed by atoms with Crippen molar-refractivity contribution in [3.05, 3.63) is 76.3 Å². The summed E-state index contributed by atoms with van der Waals surface area (Å²) in [5.41, 5.74) is 4.20. The van der Waals surface area contributed by atoms with Crippen molar-refractivity contribution in [1.29, 1.82) is 5.26 Å². The van der Waals surface area contributed by atoms with Gasteiger partial charge in [-0.15, -0.1) is 0 Å². The number of benzene rings is 2. The Labute approximate surface area is 135 Å². The molecule has 1 aliphatic heterocycles. The van der Waals surface area contributed by atoms with Crippen LogP contribution in [0, 0.1) is 17.2 Å². The maximum Gasteiger partial charge on any atom is 0.0991 e. The maximum atomic E-state index is 9.14. The number of nitriles is 1. The average Bonchev–Trinajstić information content (AvgIpc) is 3.04. The zero-order valence-electron chi connectivity index (χ0n) is 12.0. The number of hydrogen-bond acceptors (Lipinski definition) is 2. The van der Waals surface area contributed by atoms with Gasteiger partial charge in [-0.05, 0) is 47.7 Å². The van der Waals surface area contributed by atoms with Crippen LogP contribution in [-0.4, -0.2) is 0 Å². The van der Waals surface area contributed by atoms with Crippen LogP contribution in [0.3, 0.4) is 0 Å². The summed E-state index contributed by atoms with van der Waals surface area (Å²) in [6.45, 7) is 0. The Morgan fingerprint density at radius 1 is 1.14 bits per heavy atom. The molecule has 3 heteroatoms. The number of halogens is 1. The number of rotatable bonds is 1. The van der Waals surface area contributed by atoms with Crippen molar-refractivity contribution in [1.82, 2.24) is 0 Å². The SMILES string of the molecule is N#Cc1ccc2c(c1)C1C=CCC1C(c1ccccc1Cl)N2. The summed E-state index contributed by atoms with van der Waals surface area (Å²) in [4.78, 5) is 0. The largest absolute Gasteiger partial charge is 0.378 e. The van der Waals surface area contributed by atoms with Crippen molar-refractivity contribution < 1.29 is 0 Å². The third-order valence-corrected chi connectivity index (χ3v) is 5.08. The van der Waals surface area contributed by atoms with Crippen LogP contribution in [0.2, 0.25) is 5.02 Å². The van der Waals surface area contributed by atoms with Gasteiger partial charge in [-0.3, -0.25) is 0 Å². The highest BCUT2D eigenvalue weighted by atomic mass is 35.5. The molecular formula is C19H15ClN2. The van der Waals surface area contributed by atoms with E-state index in [2.05, 4.69) is 29.6 Å². The van der Waals surface area contributed by atoms with Gasteiger partial charge in [-0.2, -0.15) is 5.26 Å². The Morgan fingerprint density at radius 3 is 2.82 bits per heavy atom. The molecule has 0 spiro atoms. The Bertz CT molecular complexity index is 803. The molecule has 0 amide bonds. The van der Waals surface area contributed by atoms with Crippen molar-refractivity contribution in [2.24, 2.45) is 5.92 Å². The Balaban J connectivity index is 1.82. The van der Waals surface area contributed by atoms with Gasteiger partial charge in [0.1, 0.15) is 0 Å². The molecule has 2 aromatic rings. The van der Waals surface area contributed by atoms with Crippen molar-refractivity contribution >= 4 is 17.3 Å². The first-order valence-electron chi connectivity index (χ1n) is 7.49. The monoisotopic (exact) mass is 306 g/mol. The van der Waals surface area contributed by atoms with Crippen LogP contribution in [0.25, 0.3) is 0 Å². The standard InChI is InChI=1S/C19H15ClN2/c20-17-7-2-1-4-15(17)19-14-6-3-5-13(14)16-10-12(11-21)8-9-18(16)22-19/h1-5,7-10,13-14,19,22H,6H2. The van der Waals surface area contributed by atoms with E-state index in [1.54, 1.807) is 0 Å². The predicted molar refractivity (Wildman–Crippen MR) is 89.0 cm³/mol. The second kappa shape index (κ2) is 5.19. The molecule has 3 atom stereocenters. The summed E-state index contributed by atoms with van der Waals surface area (Å²) in [5.74, 6) is 0.798. The molecule has 0 saturated carbocycles. The van der Waals surface area contributed by atoms with E-state index in [1.807, 2.05) is 36.4 Å². The van der Waals surface area contributed by atoms with E-state index in [0.717, 1.165) is 28.3 Å². The summed E-state index contributed by atoms with van der Waals surface area (Å²) >= 11 is 6.42. The molecule has 3 unspecified atom stereocenters. The fourth-order valence-corrected chi connectivity index (χ4v) is 3.95. The van der Waals surface area contributed by atoms with Crippen molar-refractivity contribution in [3.63, 3.8) is 0 Å². The van der Waals surface area contributed by atoms with E-state index in [1.165, 1.54) is 5.56 Å². The topological polar surface area (TPSA) is 35.8 Å². The zero-order chi connectivity index (χ0) is 15.1. The molecule has 2 nitrogen and oxygen atoms in total. The number of fused-ring (bicyclic) bond motifs is 3. The first-order valence-corrected chi connectivity index (χ1v) is 7.87. The third kappa shape index (κ3) is 2.01. The van der Waals surface area contributed by atoms with Crippen LogP contribution in [0.4, 0.5) is 5.69 Å². The van der Waals surface area contributed by atoms with Crippen LogP contribution in [-0.2, 0) is 0 Å². The number of nitrogens with one attached hydrogen (secondary N) is 1. The summed E-state index contributed by atoms with van der Waals surface area (Å²) in [7, 11) is 0. The van der Waals surface area contributed by atoms with E-state index >= 15 is 0 Å². The number of hydrogen-bond donors (Lipinski definition) is 1. The average molecular weight is 307 g/mol. The van der Waals surface area contributed by atoms with Gasteiger partial charge >= 0.3 is 0 Å². The summed E-state index contributed by atoms with van der Waals surface area (Å²) < 4.78 is 0. The van der Waals surface area contributed by atoms with Gasteiger partial charge in [0.05, 0.1) is 17.7 Å². The second-order valence-electron chi connectivity index (χ2n) is 5.91. The van der Waals surface area contributed by atoms with Gasteiger partial charge < -0.3 is 5.32 Å². The highest BCUT2D eigenvalue weighted by Crippen LogP contribution is 2.50. The first-order chi connectivity index (χ1) is 10.8. The lowest BCUT2D eigenvalue weighted by Gasteiger charge is -2.38. The fraction of sp³-hybridized carbons (Fsp3) is 0.211. The molecule has 1 aliphatic carbocycles. The first kappa shape index (κ1) is 13.4. The minimum absolute atomic E-state index is 0.203. The van der Waals surface area contributed by atoms with Crippen LogP contribution in [0.5, 0.6) is 0 Å². The van der Waals surface area contributed by atoms with E-state index in [-0.39, 0.29) is 6.04 Å². The molecule has 1 heterocycles. The molecule has 2 aliphatic rings. The van der Waals surface area contributed by atoms with Crippen LogP contribution in [0.1, 0.15) is 35.1 Å². The number of nitrogens with zero attached hydrogens (tertiary/aromatic N) is 1. The third-order valence-electron chi connectivity index (χ3n) is 4.73. The van der Waals surface area contributed by atoms with E-state index in [9.17, 15) is 0 Å². The number of anilines is 1. The summed E-state index contributed by atoms with van der Waals surface area (Å²) in [6, 6.07) is 16.4. The van der Waals surface area contributed by atoms with Gasteiger partial charge in [0, 0.05) is 16.6 Å². The van der Waals surface area contributed by atoms with Gasteiger partial charge in [0.2, 0.25) is 0 Å². The van der Waals surface area contributed by atoms with Gasteiger partial charge in [0.25, 0.3) is 0 Å². The Morgan fingerprint density at radius 2 is 2.00 bits per heavy atom. The molecule has 0 radical (unpaired) electrons. The molecule has 22 heavy (non-hydrogen) atoms. The number of allylic oxidation sites excluding steroid dienone is 2. The van der Waals surface area contributed by atoms with Crippen molar-refractivity contribution in [2.45, 2.75) is 18.4 Å². The van der Waals surface area contributed by atoms with Crippen LogP contribution >= 0.6 is 11.6 Å². The Kier molecular flexibility index (Phi) is 3.17. The van der Waals surface area contributed by atoms with Crippen molar-refractivity contribution in [3.8, 4) is 6.07 Å². The molecule has 0 fully saturated rings. The van der Waals surface area contributed by atoms with Crippen molar-refractivity contribution in [2.75, 3.05) is 5.32 Å². The molecule has 1 N–H and O–H groups in total. The lowest BCUT2D eigenvalue weighted by molar-refractivity contribution is 0.425. The normalized spacial score (nSPS) is 25.0. The highest BCUT2D eigenvalue weighted by molar-refractivity contribution is 6.31. The van der Waals surface area contributed by atoms with Gasteiger partial charge in [-0.1, -0.05) is 42.0 Å². The lowest BCUT2D eigenvalue weighted by Crippen LogP contribution is -2.29. The van der Waals surface area contributed by atoms with Crippen LogP contribution < -0.4 is 5.32 Å². The summed E-state index contributed by atoms with van der Waals surface area (Å²) in [6.07, 6.45) is 5.55. The molecular weight excluding hydrogens is 292 g/mol. The van der Waals surface area contributed by atoms with Crippen LogP contribution in [0.15, 0.2) is 54.6 Å². The minimum Gasteiger partial charge on any atom is -0.378 e. The molecule has 2 aromatic carbocycles. The van der Waals surface area contributed by atoms with E-state index in [4.69, 9.17) is 16.9 Å². The van der Waals surface area contributed by atoms with E-state index in [0.29, 0.717) is 11.8 Å². The molecule has 4 rings (SSSR count). The zero-order valence-corrected chi connectivity index (χ0v) is 12.7. The Hall–Kier alpha value is -2.24. The smallest absolute Gasteiger partial charge is 0.0991 e.